The fourth-order valence-electron chi connectivity index (χ4n) is 3.61. The Morgan fingerprint density at radius 2 is 1.93 bits per heavy atom. The van der Waals surface area contributed by atoms with Crippen LogP contribution in [0.3, 0.4) is 0 Å². The first-order valence-corrected chi connectivity index (χ1v) is 11.8. The first-order valence-electron chi connectivity index (χ1n) is 9.55. The van der Waals surface area contributed by atoms with Gasteiger partial charge >= 0.3 is 0 Å². The molecule has 1 aromatic carbocycles. The summed E-state index contributed by atoms with van der Waals surface area (Å²) < 4.78 is 35.5. The molecule has 1 saturated heterocycles. The van der Waals surface area contributed by atoms with Crippen molar-refractivity contribution in [3.8, 4) is 5.75 Å². The van der Waals surface area contributed by atoms with Gasteiger partial charge in [0, 0.05) is 11.1 Å². The summed E-state index contributed by atoms with van der Waals surface area (Å²) in [6.07, 6.45) is -0.367. The quantitative estimate of drug-likeness (QED) is 0.683. The Morgan fingerprint density at radius 3 is 2.45 bits per heavy atom. The Balaban J connectivity index is 1.81. The fourth-order valence-corrected chi connectivity index (χ4v) is 5.45. The van der Waals surface area contributed by atoms with E-state index in [-0.39, 0.29) is 24.0 Å². The van der Waals surface area contributed by atoms with Gasteiger partial charge in [-0.1, -0.05) is 11.6 Å². The third-order valence-electron chi connectivity index (χ3n) is 5.13. The van der Waals surface area contributed by atoms with Gasteiger partial charge in [-0.25, -0.2) is 8.42 Å². The molecule has 1 aliphatic rings. The number of hydrogen-bond donors (Lipinski definition) is 0. The standard InChI is InChI=1S/C21H26ClNO5S/c1-13-9-19(10-14(2)20(13)22)28-16(4)21(24)23(11-18-6-5-15(3)27-18)17-7-8-29(25,26)12-17/h5-6,9-10,16-17H,7-8,11-12H2,1-4H3/t16-,17-/m1/s1. The van der Waals surface area contributed by atoms with E-state index in [1.165, 1.54) is 0 Å². The van der Waals surface area contributed by atoms with Crippen LogP contribution in [-0.2, 0) is 21.2 Å². The van der Waals surface area contributed by atoms with Crippen molar-refractivity contribution >= 4 is 27.3 Å². The smallest absolute Gasteiger partial charge is 0.264 e. The zero-order valence-electron chi connectivity index (χ0n) is 17.1. The molecule has 1 fully saturated rings. The normalized spacial score (nSPS) is 19.1. The summed E-state index contributed by atoms with van der Waals surface area (Å²) in [5, 5.41) is 0.669. The summed E-state index contributed by atoms with van der Waals surface area (Å²) in [6.45, 7) is 7.46. The van der Waals surface area contributed by atoms with E-state index in [4.69, 9.17) is 20.8 Å². The topological polar surface area (TPSA) is 76.8 Å². The summed E-state index contributed by atoms with van der Waals surface area (Å²) in [5.74, 6) is 1.69. The van der Waals surface area contributed by atoms with Crippen molar-refractivity contribution in [2.24, 2.45) is 0 Å². The lowest BCUT2D eigenvalue weighted by Gasteiger charge is -2.30. The first-order chi connectivity index (χ1) is 13.6. The molecular weight excluding hydrogens is 414 g/mol. The van der Waals surface area contributed by atoms with Crippen molar-refractivity contribution in [3.05, 3.63) is 51.9 Å². The van der Waals surface area contributed by atoms with E-state index in [9.17, 15) is 13.2 Å². The lowest BCUT2D eigenvalue weighted by molar-refractivity contribution is -0.141. The lowest BCUT2D eigenvalue weighted by atomic mass is 10.1. The molecule has 0 radical (unpaired) electrons. The molecule has 2 heterocycles. The molecule has 158 valence electrons. The van der Waals surface area contributed by atoms with Gasteiger partial charge < -0.3 is 14.1 Å². The number of carbonyl (C=O) groups excluding carboxylic acids is 1. The van der Waals surface area contributed by atoms with Crippen molar-refractivity contribution in [1.29, 1.82) is 0 Å². The van der Waals surface area contributed by atoms with Crippen LogP contribution < -0.4 is 4.74 Å². The SMILES string of the molecule is Cc1ccc(CN(C(=O)[C@@H](C)Oc2cc(C)c(Cl)c(C)c2)[C@@H]2CCS(=O)(=O)C2)o1. The molecule has 6 nitrogen and oxygen atoms in total. The Labute approximate surface area is 176 Å². The van der Waals surface area contributed by atoms with E-state index >= 15 is 0 Å². The van der Waals surface area contributed by atoms with E-state index in [0.29, 0.717) is 23.0 Å². The van der Waals surface area contributed by atoms with E-state index in [1.54, 1.807) is 30.0 Å². The molecule has 0 saturated carbocycles. The highest BCUT2D eigenvalue weighted by Crippen LogP contribution is 2.27. The van der Waals surface area contributed by atoms with E-state index in [2.05, 4.69) is 0 Å². The minimum atomic E-state index is -3.14. The van der Waals surface area contributed by atoms with Gasteiger partial charge in [-0.3, -0.25) is 4.79 Å². The minimum Gasteiger partial charge on any atom is -0.481 e. The summed E-state index contributed by atoms with van der Waals surface area (Å²) >= 11 is 6.21. The van der Waals surface area contributed by atoms with Gasteiger partial charge in [-0.05, 0) is 69.5 Å². The van der Waals surface area contributed by atoms with Gasteiger partial charge in [0.2, 0.25) is 0 Å². The number of nitrogens with zero attached hydrogens (tertiary/aromatic N) is 1. The van der Waals surface area contributed by atoms with Gasteiger partial charge in [0.15, 0.2) is 15.9 Å². The number of amides is 1. The number of halogens is 1. The average Bonchev–Trinajstić information content (AvgIpc) is 3.21. The Bertz CT molecular complexity index is 991. The highest BCUT2D eigenvalue weighted by atomic mass is 35.5. The first kappa shape index (κ1) is 21.7. The van der Waals surface area contributed by atoms with Crippen LogP contribution in [0.5, 0.6) is 5.75 Å². The van der Waals surface area contributed by atoms with Gasteiger partial charge in [0.1, 0.15) is 17.3 Å². The third-order valence-corrected chi connectivity index (χ3v) is 7.47. The van der Waals surface area contributed by atoms with Gasteiger partial charge in [0.05, 0.1) is 18.1 Å². The number of benzene rings is 1. The number of carbonyl (C=O) groups is 1. The van der Waals surface area contributed by atoms with Gasteiger partial charge in [-0.15, -0.1) is 0 Å². The van der Waals surface area contributed by atoms with Gasteiger partial charge in [0.25, 0.3) is 5.91 Å². The number of rotatable bonds is 6. The molecule has 1 aliphatic heterocycles. The second-order valence-electron chi connectivity index (χ2n) is 7.67. The van der Waals surface area contributed by atoms with Crippen LogP contribution in [0.1, 0.15) is 36.0 Å². The Morgan fingerprint density at radius 1 is 1.28 bits per heavy atom. The summed E-state index contributed by atoms with van der Waals surface area (Å²) in [6, 6.07) is 6.82. The van der Waals surface area contributed by atoms with Crippen LogP contribution in [0.15, 0.2) is 28.7 Å². The highest BCUT2D eigenvalue weighted by Gasteiger charge is 2.37. The van der Waals surface area contributed by atoms with Crippen LogP contribution in [0.2, 0.25) is 5.02 Å². The van der Waals surface area contributed by atoms with Crippen molar-refractivity contribution < 1.29 is 22.4 Å². The lowest BCUT2D eigenvalue weighted by Crippen LogP contribution is -2.46. The van der Waals surface area contributed by atoms with Crippen LogP contribution in [-0.4, -0.2) is 42.9 Å². The molecule has 8 heteroatoms. The molecule has 29 heavy (non-hydrogen) atoms. The number of furan rings is 1. The summed E-state index contributed by atoms with van der Waals surface area (Å²) in [4.78, 5) is 14.8. The average molecular weight is 440 g/mol. The maximum atomic E-state index is 13.2. The highest BCUT2D eigenvalue weighted by molar-refractivity contribution is 7.91. The molecule has 0 N–H and O–H groups in total. The van der Waals surface area contributed by atoms with E-state index in [1.807, 2.05) is 26.8 Å². The molecule has 2 atom stereocenters. The number of aryl methyl sites for hydroxylation is 3. The Kier molecular flexibility index (Phi) is 6.29. The summed E-state index contributed by atoms with van der Waals surface area (Å²) in [5.41, 5.74) is 1.73. The third kappa shape index (κ3) is 5.14. The number of hydrogen-bond acceptors (Lipinski definition) is 5. The van der Waals surface area contributed by atoms with Crippen LogP contribution in [0.4, 0.5) is 0 Å². The predicted octanol–water partition coefficient (Wildman–Crippen LogP) is 3.84. The van der Waals surface area contributed by atoms with E-state index in [0.717, 1.165) is 16.9 Å². The maximum Gasteiger partial charge on any atom is 0.264 e. The molecule has 0 bridgehead atoms. The summed E-state index contributed by atoms with van der Waals surface area (Å²) in [7, 11) is -3.14. The van der Waals surface area contributed by atoms with E-state index < -0.39 is 22.0 Å². The maximum absolute atomic E-state index is 13.2. The van der Waals surface area contributed by atoms with Crippen molar-refractivity contribution in [2.75, 3.05) is 11.5 Å². The number of sulfone groups is 1. The molecule has 1 amide bonds. The van der Waals surface area contributed by atoms with Crippen molar-refractivity contribution in [1.82, 2.24) is 4.90 Å². The molecule has 0 aliphatic carbocycles. The molecule has 0 unspecified atom stereocenters. The van der Waals surface area contributed by atoms with Crippen LogP contribution >= 0.6 is 11.6 Å². The van der Waals surface area contributed by atoms with Crippen LogP contribution in [0, 0.1) is 20.8 Å². The molecule has 3 rings (SSSR count). The molecule has 2 aromatic rings. The minimum absolute atomic E-state index is 0.0374. The number of ether oxygens (including phenoxy) is 1. The zero-order chi connectivity index (χ0) is 21.3. The van der Waals surface area contributed by atoms with Crippen LogP contribution in [0.25, 0.3) is 0 Å². The fraction of sp³-hybridized carbons (Fsp3) is 0.476. The van der Waals surface area contributed by atoms with Crippen molar-refractivity contribution in [2.45, 2.75) is 52.8 Å². The Hall–Kier alpha value is -1.99. The zero-order valence-corrected chi connectivity index (χ0v) is 18.6. The second kappa shape index (κ2) is 8.40. The molecular formula is C21H26ClNO5S. The van der Waals surface area contributed by atoms with Gasteiger partial charge in [-0.2, -0.15) is 0 Å². The largest absolute Gasteiger partial charge is 0.481 e. The van der Waals surface area contributed by atoms with Crippen molar-refractivity contribution in [3.63, 3.8) is 0 Å². The monoisotopic (exact) mass is 439 g/mol. The molecule has 1 aromatic heterocycles. The predicted molar refractivity (Wildman–Crippen MR) is 112 cm³/mol. The second-order valence-corrected chi connectivity index (χ2v) is 10.3. The molecule has 0 spiro atoms.